The van der Waals surface area contributed by atoms with E-state index in [4.69, 9.17) is 5.11 Å². The summed E-state index contributed by atoms with van der Waals surface area (Å²) in [6.45, 7) is 2.00. The molecular formula is C8H10NO3+. The molecule has 0 aromatic carbocycles. The van der Waals surface area contributed by atoms with Gasteiger partial charge in [-0.25, -0.2) is 0 Å². The lowest BCUT2D eigenvalue weighted by Gasteiger charge is -1.94. The fraction of sp³-hybridized carbons (Fsp3) is 0.250. The summed E-state index contributed by atoms with van der Waals surface area (Å²) in [7, 11) is 0. The smallest absolute Gasteiger partial charge is 0.459 e. The predicted molar refractivity (Wildman–Crippen MR) is 40.7 cm³/mol. The van der Waals surface area contributed by atoms with E-state index in [1.54, 1.807) is 19.1 Å². The minimum absolute atomic E-state index is 0.129. The lowest BCUT2D eigenvalue weighted by Crippen LogP contribution is -2.42. The number of hydrogen-bond donors (Lipinski definition) is 1. The highest BCUT2D eigenvalue weighted by Gasteiger charge is 2.19. The van der Waals surface area contributed by atoms with Gasteiger partial charge in [0.05, 0.1) is 12.7 Å². The van der Waals surface area contributed by atoms with E-state index in [-0.39, 0.29) is 5.88 Å². The summed E-state index contributed by atoms with van der Waals surface area (Å²) in [5.41, 5.74) is 0. The number of carbonyl (C=O) groups is 1. The van der Waals surface area contributed by atoms with E-state index < -0.39 is 6.09 Å². The number of carbonyl (C=O) groups excluding carboxylic acids is 1. The SMILES string of the molecule is CCOC(=O)[n+]1ccccc1O. The van der Waals surface area contributed by atoms with Gasteiger partial charge in [0.2, 0.25) is 0 Å². The topological polar surface area (TPSA) is 50.4 Å². The van der Waals surface area contributed by atoms with Crippen molar-refractivity contribution in [3.8, 4) is 5.88 Å². The van der Waals surface area contributed by atoms with Crippen molar-refractivity contribution in [2.75, 3.05) is 6.61 Å². The van der Waals surface area contributed by atoms with Gasteiger partial charge in [-0.3, -0.25) is 0 Å². The molecule has 1 aromatic rings. The van der Waals surface area contributed by atoms with Gasteiger partial charge in [-0.05, 0) is 13.0 Å². The van der Waals surface area contributed by atoms with Crippen molar-refractivity contribution in [3.63, 3.8) is 0 Å². The number of aromatic nitrogens is 1. The maximum Gasteiger partial charge on any atom is 0.605 e. The van der Waals surface area contributed by atoms with E-state index in [1.807, 2.05) is 0 Å². The van der Waals surface area contributed by atoms with Crippen LogP contribution in [0.25, 0.3) is 0 Å². The van der Waals surface area contributed by atoms with Gasteiger partial charge in [0, 0.05) is 6.07 Å². The largest absolute Gasteiger partial charge is 0.605 e. The Labute approximate surface area is 70.0 Å². The van der Waals surface area contributed by atoms with Crippen LogP contribution in [0.3, 0.4) is 0 Å². The monoisotopic (exact) mass is 168 g/mol. The zero-order valence-corrected chi connectivity index (χ0v) is 6.73. The van der Waals surface area contributed by atoms with Crippen LogP contribution in [0.2, 0.25) is 0 Å². The normalized spacial score (nSPS) is 9.42. The zero-order chi connectivity index (χ0) is 8.97. The van der Waals surface area contributed by atoms with E-state index in [0.29, 0.717) is 6.61 Å². The van der Waals surface area contributed by atoms with Crippen molar-refractivity contribution in [3.05, 3.63) is 24.4 Å². The van der Waals surface area contributed by atoms with Crippen LogP contribution in [0.1, 0.15) is 6.92 Å². The van der Waals surface area contributed by atoms with Gasteiger partial charge in [-0.2, -0.15) is 4.79 Å². The fourth-order valence-corrected chi connectivity index (χ4v) is 0.781. The number of aromatic hydroxyl groups is 1. The molecule has 0 radical (unpaired) electrons. The molecule has 0 amide bonds. The van der Waals surface area contributed by atoms with Crippen molar-refractivity contribution in [2.24, 2.45) is 0 Å². The summed E-state index contributed by atoms with van der Waals surface area (Å²) < 4.78 is 5.70. The molecule has 64 valence electrons. The fourth-order valence-electron chi connectivity index (χ4n) is 0.781. The maximum atomic E-state index is 11.0. The molecule has 0 spiro atoms. The van der Waals surface area contributed by atoms with Crippen LogP contribution >= 0.6 is 0 Å². The number of pyridine rings is 1. The Bertz CT molecular complexity index is 285. The highest BCUT2D eigenvalue weighted by Crippen LogP contribution is 1.97. The quantitative estimate of drug-likeness (QED) is 0.627. The van der Waals surface area contributed by atoms with Crippen molar-refractivity contribution >= 4 is 6.09 Å². The molecule has 12 heavy (non-hydrogen) atoms. The summed E-state index contributed by atoms with van der Waals surface area (Å²) in [5, 5.41) is 9.17. The molecule has 0 aliphatic carbocycles. The van der Waals surface area contributed by atoms with Crippen LogP contribution in [0.4, 0.5) is 4.79 Å². The average Bonchev–Trinajstić information content (AvgIpc) is 2.05. The van der Waals surface area contributed by atoms with E-state index in [2.05, 4.69) is 4.74 Å². The van der Waals surface area contributed by atoms with Crippen molar-refractivity contribution in [1.82, 2.24) is 0 Å². The maximum absolute atomic E-state index is 11.0. The van der Waals surface area contributed by atoms with E-state index in [9.17, 15) is 4.79 Å². The molecule has 0 bridgehead atoms. The molecule has 0 fully saturated rings. The third kappa shape index (κ3) is 1.72. The second-order valence-corrected chi connectivity index (χ2v) is 2.13. The molecule has 0 saturated carbocycles. The van der Waals surface area contributed by atoms with Crippen molar-refractivity contribution in [2.45, 2.75) is 6.92 Å². The molecule has 1 heterocycles. The third-order valence-corrected chi connectivity index (χ3v) is 1.30. The summed E-state index contributed by atoms with van der Waals surface area (Å²) in [4.78, 5) is 11.0. The third-order valence-electron chi connectivity index (χ3n) is 1.30. The lowest BCUT2D eigenvalue weighted by molar-refractivity contribution is -0.594. The standard InChI is InChI=1S/C8H9NO3/c1-2-12-8(11)9-6-4-3-5-7(9)10/h3-6H,2H2,1H3/p+1. The Balaban J connectivity index is 2.87. The van der Waals surface area contributed by atoms with Gasteiger partial charge in [-0.1, -0.05) is 4.57 Å². The second-order valence-electron chi connectivity index (χ2n) is 2.13. The first-order valence-corrected chi connectivity index (χ1v) is 3.62. The number of hydrogen-bond acceptors (Lipinski definition) is 3. The molecule has 1 N–H and O–H groups in total. The summed E-state index contributed by atoms with van der Waals surface area (Å²) >= 11 is 0. The van der Waals surface area contributed by atoms with Gasteiger partial charge < -0.3 is 9.84 Å². The van der Waals surface area contributed by atoms with Crippen LogP contribution in [-0.4, -0.2) is 17.8 Å². The van der Waals surface area contributed by atoms with E-state index in [1.165, 1.54) is 12.3 Å². The van der Waals surface area contributed by atoms with Crippen LogP contribution in [-0.2, 0) is 4.74 Å². The van der Waals surface area contributed by atoms with Crippen LogP contribution in [0.15, 0.2) is 24.4 Å². The molecular weight excluding hydrogens is 158 g/mol. The first kappa shape index (κ1) is 8.52. The molecule has 1 aromatic heterocycles. The van der Waals surface area contributed by atoms with E-state index in [0.717, 1.165) is 4.57 Å². The molecule has 0 aliphatic heterocycles. The minimum atomic E-state index is -0.574. The van der Waals surface area contributed by atoms with Crippen LogP contribution in [0, 0.1) is 0 Å². The number of nitrogens with zero attached hydrogens (tertiary/aromatic N) is 1. The Hall–Kier alpha value is -1.58. The second kappa shape index (κ2) is 3.71. The summed E-state index contributed by atoms with van der Waals surface area (Å²) in [5.74, 6) is -0.129. The number of rotatable bonds is 1. The van der Waals surface area contributed by atoms with Gasteiger partial charge in [0.15, 0.2) is 6.20 Å². The Kier molecular flexibility index (Phi) is 2.63. The molecule has 0 saturated heterocycles. The number of ether oxygens (including phenoxy) is 1. The van der Waals surface area contributed by atoms with Crippen molar-refractivity contribution < 1.29 is 19.2 Å². The average molecular weight is 168 g/mol. The Morgan fingerprint density at radius 3 is 3.00 bits per heavy atom. The van der Waals surface area contributed by atoms with Gasteiger partial charge in [0.1, 0.15) is 0 Å². The first-order valence-electron chi connectivity index (χ1n) is 3.62. The van der Waals surface area contributed by atoms with Gasteiger partial charge in [0.25, 0.3) is 0 Å². The Morgan fingerprint density at radius 2 is 2.42 bits per heavy atom. The molecule has 0 aliphatic rings. The van der Waals surface area contributed by atoms with Crippen LogP contribution < -0.4 is 4.57 Å². The van der Waals surface area contributed by atoms with Crippen molar-refractivity contribution in [1.29, 1.82) is 0 Å². The summed E-state index contributed by atoms with van der Waals surface area (Å²) in [6.07, 6.45) is 0.864. The molecule has 0 unspecified atom stereocenters. The highest BCUT2D eigenvalue weighted by molar-refractivity contribution is 5.57. The van der Waals surface area contributed by atoms with E-state index >= 15 is 0 Å². The molecule has 4 nitrogen and oxygen atoms in total. The minimum Gasteiger partial charge on any atom is -0.459 e. The predicted octanol–water partition coefficient (Wildman–Crippen LogP) is 0.684. The zero-order valence-electron chi connectivity index (χ0n) is 6.73. The Morgan fingerprint density at radius 1 is 1.67 bits per heavy atom. The molecule has 4 heteroatoms. The molecule has 1 rings (SSSR count). The highest BCUT2D eigenvalue weighted by atomic mass is 16.5. The van der Waals surface area contributed by atoms with Gasteiger partial charge in [-0.15, -0.1) is 0 Å². The van der Waals surface area contributed by atoms with Gasteiger partial charge >= 0.3 is 12.0 Å². The first-order chi connectivity index (χ1) is 5.75. The summed E-state index contributed by atoms with van der Waals surface area (Å²) in [6, 6.07) is 4.68. The lowest BCUT2D eigenvalue weighted by atomic mass is 10.5. The molecule has 0 atom stereocenters. The van der Waals surface area contributed by atoms with Crippen LogP contribution in [0.5, 0.6) is 5.88 Å².